The van der Waals surface area contributed by atoms with Crippen LogP contribution >= 0.6 is 0 Å². The van der Waals surface area contributed by atoms with Gasteiger partial charge in [0.2, 0.25) is 5.76 Å². The van der Waals surface area contributed by atoms with E-state index in [1.165, 1.54) is 43.5 Å². The molecule has 0 radical (unpaired) electrons. The molecule has 0 aliphatic carbocycles. The number of benzene rings is 2. The highest BCUT2D eigenvalue weighted by Crippen LogP contribution is 2.40. The molecule has 2 aromatic rings. The van der Waals surface area contributed by atoms with Crippen LogP contribution in [0.5, 0.6) is 0 Å². The Morgan fingerprint density at radius 1 is 1.00 bits per heavy atom. The molecule has 0 spiro atoms. The van der Waals surface area contributed by atoms with E-state index >= 15 is 0 Å². The van der Waals surface area contributed by atoms with Gasteiger partial charge >= 0.3 is 11.9 Å². The van der Waals surface area contributed by atoms with Crippen LogP contribution in [0, 0.1) is 5.82 Å². The Balaban J connectivity index is 2.07. The molecule has 3 rings (SSSR count). The van der Waals surface area contributed by atoms with Crippen molar-refractivity contribution in [3.63, 3.8) is 0 Å². The van der Waals surface area contributed by atoms with E-state index in [2.05, 4.69) is 0 Å². The SMILES string of the molecule is COC(=O)C1=C(C(=O)OC)[C@@H](c2ccc(F)cc2)N(Cc2ccccc2)O1. The second-order valence-electron chi connectivity index (χ2n) is 5.83. The molecule has 0 saturated heterocycles. The summed E-state index contributed by atoms with van der Waals surface area (Å²) in [6, 6.07) is 14.3. The molecule has 0 bridgehead atoms. The lowest BCUT2D eigenvalue weighted by molar-refractivity contribution is -0.160. The maximum absolute atomic E-state index is 13.4. The predicted molar refractivity (Wildman–Crippen MR) is 93.3 cm³/mol. The van der Waals surface area contributed by atoms with Gasteiger partial charge in [0.15, 0.2) is 0 Å². The molecule has 2 aromatic carbocycles. The average molecular weight is 371 g/mol. The lowest BCUT2D eigenvalue weighted by atomic mass is 9.97. The van der Waals surface area contributed by atoms with Crippen molar-refractivity contribution in [2.45, 2.75) is 12.6 Å². The topological polar surface area (TPSA) is 65.1 Å². The molecule has 6 nitrogen and oxygen atoms in total. The zero-order chi connectivity index (χ0) is 19.4. The highest BCUT2D eigenvalue weighted by Gasteiger charge is 2.44. The Kier molecular flexibility index (Phi) is 5.52. The number of rotatable bonds is 5. The molecular formula is C20H18FNO5. The molecule has 140 valence electrons. The first kappa shape index (κ1) is 18.6. The Morgan fingerprint density at radius 2 is 1.63 bits per heavy atom. The zero-order valence-corrected chi connectivity index (χ0v) is 14.8. The fourth-order valence-electron chi connectivity index (χ4n) is 2.91. The van der Waals surface area contributed by atoms with Crippen LogP contribution in [-0.4, -0.2) is 31.2 Å². The summed E-state index contributed by atoms with van der Waals surface area (Å²) >= 11 is 0. The van der Waals surface area contributed by atoms with Crippen LogP contribution in [0.2, 0.25) is 0 Å². The van der Waals surface area contributed by atoms with E-state index in [-0.39, 0.29) is 17.9 Å². The Morgan fingerprint density at radius 3 is 2.22 bits per heavy atom. The highest BCUT2D eigenvalue weighted by atomic mass is 19.1. The molecule has 27 heavy (non-hydrogen) atoms. The number of hydrogen-bond donors (Lipinski definition) is 0. The number of halogens is 1. The molecule has 1 atom stereocenters. The number of carbonyl (C=O) groups excluding carboxylic acids is 2. The first-order chi connectivity index (χ1) is 13.0. The normalized spacial score (nSPS) is 16.8. The third-order valence-electron chi connectivity index (χ3n) is 4.16. The summed E-state index contributed by atoms with van der Waals surface area (Å²) in [5.41, 5.74) is 1.48. The fourth-order valence-corrected chi connectivity index (χ4v) is 2.91. The minimum atomic E-state index is -0.793. The second kappa shape index (κ2) is 8.01. The van der Waals surface area contributed by atoms with Crippen molar-refractivity contribution >= 4 is 11.9 Å². The summed E-state index contributed by atoms with van der Waals surface area (Å²) in [6.07, 6.45) is 0. The minimum Gasteiger partial charge on any atom is -0.465 e. The molecule has 0 fully saturated rings. The smallest absolute Gasteiger partial charge is 0.376 e. The summed E-state index contributed by atoms with van der Waals surface area (Å²) < 4.78 is 23.0. The number of hydrogen-bond acceptors (Lipinski definition) is 6. The monoisotopic (exact) mass is 371 g/mol. The third-order valence-corrected chi connectivity index (χ3v) is 4.16. The van der Waals surface area contributed by atoms with Crippen LogP contribution in [-0.2, 0) is 30.4 Å². The molecule has 1 aliphatic heterocycles. The van der Waals surface area contributed by atoms with Gasteiger partial charge in [-0.3, -0.25) is 0 Å². The van der Waals surface area contributed by atoms with E-state index in [1.54, 1.807) is 0 Å². The number of methoxy groups -OCH3 is 2. The van der Waals surface area contributed by atoms with Gasteiger partial charge in [0.05, 0.1) is 20.8 Å². The molecule has 0 unspecified atom stereocenters. The van der Waals surface area contributed by atoms with Crippen LogP contribution in [0.15, 0.2) is 65.9 Å². The minimum absolute atomic E-state index is 0.00638. The van der Waals surface area contributed by atoms with Gasteiger partial charge < -0.3 is 14.3 Å². The standard InChI is InChI=1S/C20H18FNO5/c1-25-19(23)16-17(14-8-10-15(21)11-9-14)22(27-18(16)20(24)26-2)12-13-6-4-3-5-7-13/h3-11,17H,12H2,1-2H3/t17-/m1/s1. The first-order valence-corrected chi connectivity index (χ1v) is 8.20. The van der Waals surface area contributed by atoms with Crippen LogP contribution in [0.3, 0.4) is 0 Å². The molecule has 0 saturated carbocycles. The van der Waals surface area contributed by atoms with Crippen LogP contribution in [0.1, 0.15) is 17.2 Å². The van der Waals surface area contributed by atoms with Crippen molar-refractivity contribution < 1.29 is 28.3 Å². The van der Waals surface area contributed by atoms with Crippen LogP contribution in [0.4, 0.5) is 4.39 Å². The van der Waals surface area contributed by atoms with E-state index < -0.39 is 23.8 Å². The van der Waals surface area contributed by atoms with Crippen molar-refractivity contribution in [3.05, 3.63) is 82.9 Å². The van der Waals surface area contributed by atoms with Crippen molar-refractivity contribution in [1.29, 1.82) is 0 Å². The van der Waals surface area contributed by atoms with E-state index in [1.807, 2.05) is 30.3 Å². The third kappa shape index (κ3) is 3.83. The van der Waals surface area contributed by atoms with E-state index in [4.69, 9.17) is 14.3 Å². The number of esters is 2. The number of ether oxygens (including phenoxy) is 2. The zero-order valence-electron chi connectivity index (χ0n) is 14.8. The van der Waals surface area contributed by atoms with Crippen LogP contribution < -0.4 is 0 Å². The van der Waals surface area contributed by atoms with Crippen LogP contribution in [0.25, 0.3) is 0 Å². The van der Waals surface area contributed by atoms with Gasteiger partial charge in [-0.15, -0.1) is 5.06 Å². The van der Waals surface area contributed by atoms with Gasteiger partial charge in [0.25, 0.3) is 0 Å². The summed E-state index contributed by atoms with van der Waals surface area (Å²) in [5.74, 6) is -2.17. The molecule has 1 heterocycles. The first-order valence-electron chi connectivity index (χ1n) is 8.20. The lowest BCUT2D eigenvalue weighted by Crippen LogP contribution is -2.26. The summed E-state index contributed by atoms with van der Waals surface area (Å²) in [7, 11) is 2.41. The van der Waals surface area contributed by atoms with Gasteiger partial charge in [-0.1, -0.05) is 42.5 Å². The van der Waals surface area contributed by atoms with E-state index in [9.17, 15) is 14.0 Å². The van der Waals surface area contributed by atoms with Crippen molar-refractivity contribution in [3.8, 4) is 0 Å². The van der Waals surface area contributed by atoms with E-state index in [0.717, 1.165) is 5.56 Å². The second-order valence-corrected chi connectivity index (χ2v) is 5.83. The van der Waals surface area contributed by atoms with Gasteiger partial charge in [0.1, 0.15) is 17.4 Å². The van der Waals surface area contributed by atoms with Crippen molar-refractivity contribution in [2.24, 2.45) is 0 Å². The lowest BCUT2D eigenvalue weighted by Gasteiger charge is -2.24. The maximum atomic E-state index is 13.4. The van der Waals surface area contributed by atoms with Gasteiger partial charge in [0, 0.05) is 0 Å². The molecule has 0 amide bonds. The number of carbonyl (C=O) groups is 2. The van der Waals surface area contributed by atoms with Gasteiger partial charge in [-0.2, -0.15) is 0 Å². The summed E-state index contributed by atoms with van der Waals surface area (Å²) in [4.78, 5) is 30.3. The summed E-state index contributed by atoms with van der Waals surface area (Å²) in [6.45, 7) is 0.282. The van der Waals surface area contributed by atoms with E-state index in [0.29, 0.717) is 5.56 Å². The summed E-state index contributed by atoms with van der Waals surface area (Å²) in [5, 5.41) is 1.47. The molecule has 0 aromatic heterocycles. The quantitative estimate of drug-likeness (QED) is 0.753. The molecule has 0 N–H and O–H groups in total. The van der Waals surface area contributed by atoms with Gasteiger partial charge in [-0.25, -0.2) is 14.0 Å². The fraction of sp³-hybridized carbons (Fsp3) is 0.200. The Bertz CT molecular complexity index is 864. The Hall–Kier alpha value is -3.19. The molecule has 1 aliphatic rings. The number of hydroxylamine groups is 2. The Labute approximate surface area is 155 Å². The highest BCUT2D eigenvalue weighted by molar-refractivity contribution is 6.00. The van der Waals surface area contributed by atoms with Gasteiger partial charge in [-0.05, 0) is 23.3 Å². The predicted octanol–water partition coefficient (Wildman–Crippen LogP) is 2.91. The van der Waals surface area contributed by atoms with Crippen molar-refractivity contribution in [1.82, 2.24) is 5.06 Å². The molecular weight excluding hydrogens is 353 g/mol. The maximum Gasteiger partial charge on any atom is 0.376 e. The average Bonchev–Trinajstić information content (AvgIpc) is 3.07. The largest absolute Gasteiger partial charge is 0.465 e. The van der Waals surface area contributed by atoms with Crippen molar-refractivity contribution in [2.75, 3.05) is 14.2 Å². The number of nitrogens with zero attached hydrogens (tertiary/aromatic N) is 1. The molecule has 7 heteroatoms.